The van der Waals surface area contributed by atoms with Crippen molar-refractivity contribution in [3.05, 3.63) is 59.9 Å². The SMILES string of the molecule is C=C(OC(=O)C(OC(C)c1ccccc1)=C(OCC)OCC)C(N)=O. The fraction of sp³-hybridized carbons (Fsp3) is 0.333. The fourth-order valence-electron chi connectivity index (χ4n) is 1.79. The Hall–Kier alpha value is -2.96. The Kier molecular flexibility index (Phi) is 8.05. The summed E-state index contributed by atoms with van der Waals surface area (Å²) in [5, 5.41) is 0. The number of rotatable bonds is 10. The molecule has 1 atom stereocenters. The molecule has 0 saturated heterocycles. The van der Waals surface area contributed by atoms with Gasteiger partial charge in [-0.2, -0.15) is 0 Å². The van der Waals surface area contributed by atoms with Crippen LogP contribution in [0.25, 0.3) is 0 Å². The van der Waals surface area contributed by atoms with Crippen molar-refractivity contribution >= 4 is 11.9 Å². The summed E-state index contributed by atoms with van der Waals surface area (Å²) in [6.07, 6.45) is -0.499. The van der Waals surface area contributed by atoms with Gasteiger partial charge in [-0.05, 0) is 26.3 Å². The monoisotopic (exact) mass is 349 g/mol. The molecule has 1 unspecified atom stereocenters. The number of amides is 1. The molecule has 0 saturated carbocycles. The molecule has 0 radical (unpaired) electrons. The third-order valence-corrected chi connectivity index (χ3v) is 2.98. The number of carbonyl (C=O) groups is 2. The molecule has 0 spiro atoms. The summed E-state index contributed by atoms with van der Waals surface area (Å²) < 4.78 is 21.2. The number of hydrogen-bond acceptors (Lipinski definition) is 6. The molecule has 0 aliphatic heterocycles. The second-order valence-electron chi connectivity index (χ2n) is 4.83. The molecule has 1 aromatic rings. The van der Waals surface area contributed by atoms with Gasteiger partial charge in [0.2, 0.25) is 0 Å². The second kappa shape index (κ2) is 10.0. The molecule has 136 valence electrons. The van der Waals surface area contributed by atoms with Crippen molar-refractivity contribution in [3.8, 4) is 0 Å². The number of esters is 1. The molecule has 1 aromatic carbocycles. The van der Waals surface area contributed by atoms with E-state index in [1.165, 1.54) is 0 Å². The first-order chi connectivity index (χ1) is 11.9. The molecular formula is C18H23NO6. The van der Waals surface area contributed by atoms with Crippen molar-refractivity contribution in [3.63, 3.8) is 0 Å². The third kappa shape index (κ3) is 6.21. The van der Waals surface area contributed by atoms with Crippen LogP contribution in [0.1, 0.15) is 32.4 Å². The van der Waals surface area contributed by atoms with Gasteiger partial charge in [-0.15, -0.1) is 0 Å². The molecule has 2 N–H and O–H groups in total. The summed E-state index contributed by atoms with van der Waals surface area (Å²) in [5.74, 6) is -2.88. The average Bonchev–Trinajstić information content (AvgIpc) is 2.59. The minimum Gasteiger partial charge on any atom is -0.474 e. The van der Waals surface area contributed by atoms with Crippen LogP contribution in [0.15, 0.2) is 54.4 Å². The van der Waals surface area contributed by atoms with Crippen molar-refractivity contribution < 1.29 is 28.5 Å². The van der Waals surface area contributed by atoms with Crippen LogP contribution < -0.4 is 5.73 Å². The van der Waals surface area contributed by atoms with E-state index in [9.17, 15) is 9.59 Å². The van der Waals surface area contributed by atoms with Crippen molar-refractivity contribution in [2.45, 2.75) is 26.9 Å². The fourth-order valence-corrected chi connectivity index (χ4v) is 1.79. The molecule has 25 heavy (non-hydrogen) atoms. The minimum absolute atomic E-state index is 0.130. The molecule has 0 bridgehead atoms. The highest BCUT2D eigenvalue weighted by Gasteiger charge is 2.27. The molecule has 7 nitrogen and oxygen atoms in total. The van der Waals surface area contributed by atoms with Crippen LogP contribution in [0.5, 0.6) is 0 Å². The number of nitrogens with two attached hydrogens (primary N) is 1. The predicted molar refractivity (Wildman–Crippen MR) is 90.6 cm³/mol. The number of ether oxygens (including phenoxy) is 4. The van der Waals surface area contributed by atoms with Gasteiger partial charge >= 0.3 is 11.9 Å². The van der Waals surface area contributed by atoms with E-state index in [4.69, 9.17) is 24.7 Å². The second-order valence-corrected chi connectivity index (χ2v) is 4.83. The summed E-state index contributed by atoms with van der Waals surface area (Å²) in [4.78, 5) is 23.4. The summed E-state index contributed by atoms with van der Waals surface area (Å²) in [6.45, 7) is 8.98. The molecule has 0 fully saturated rings. The molecular weight excluding hydrogens is 326 g/mol. The smallest absolute Gasteiger partial charge is 0.386 e. The Morgan fingerprint density at radius 2 is 1.68 bits per heavy atom. The lowest BCUT2D eigenvalue weighted by Crippen LogP contribution is -2.22. The predicted octanol–water partition coefficient (Wildman–Crippen LogP) is 2.55. The van der Waals surface area contributed by atoms with E-state index < -0.39 is 23.7 Å². The summed E-state index contributed by atoms with van der Waals surface area (Å²) in [6, 6.07) is 9.24. The zero-order valence-corrected chi connectivity index (χ0v) is 14.6. The van der Waals surface area contributed by atoms with Gasteiger partial charge in [0.25, 0.3) is 11.7 Å². The lowest BCUT2D eigenvalue weighted by molar-refractivity contribution is -0.144. The van der Waals surface area contributed by atoms with Crippen molar-refractivity contribution in [2.24, 2.45) is 5.73 Å². The summed E-state index contributed by atoms with van der Waals surface area (Å²) in [5.41, 5.74) is 5.86. The molecule has 7 heteroatoms. The number of primary amides is 1. The van der Waals surface area contributed by atoms with E-state index in [-0.39, 0.29) is 24.9 Å². The van der Waals surface area contributed by atoms with Crippen LogP contribution in [0, 0.1) is 0 Å². The van der Waals surface area contributed by atoms with Gasteiger partial charge in [0, 0.05) is 0 Å². The van der Waals surface area contributed by atoms with Crippen LogP contribution in [-0.2, 0) is 28.5 Å². The van der Waals surface area contributed by atoms with Gasteiger partial charge in [-0.1, -0.05) is 36.9 Å². The highest BCUT2D eigenvalue weighted by molar-refractivity contribution is 5.95. The maximum atomic E-state index is 12.4. The van der Waals surface area contributed by atoms with E-state index in [2.05, 4.69) is 6.58 Å². The normalized spacial score (nSPS) is 11.0. The molecule has 1 rings (SSSR count). The number of hydrogen-bond donors (Lipinski definition) is 1. The maximum absolute atomic E-state index is 12.4. The highest BCUT2D eigenvalue weighted by atomic mass is 16.7. The lowest BCUT2D eigenvalue weighted by atomic mass is 10.1. The van der Waals surface area contributed by atoms with Crippen LogP contribution in [0.2, 0.25) is 0 Å². The first-order valence-corrected chi connectivity index (χ1v) is 7.83. The van der Waals surface area contributed by atoms with Crippen LogP contribution >= 0.6 is 0 Å². The van der Waals surface area contributed by atoms with Crippen LogP contribution in [0.4, 0.5) is 0 Å². The largest absolute Gasteiger partial charge is 0.474 e. The molecule has 0 heterocycles. The first-order valence-electron chi connectivity index (χ1n) is 7.83. The Balaban J connectivity index is 3.13. The highest BCUT2D eigenvalue weighted by Crippen LogP contribution is 2.24. The van der Waals surface area contributed by atoms with E-state index in [1.54, 1.807) is 20.8 Å². The van der Waals surface area contributed by atoms with E-state index in [0.717, 1.165) is 5.56 Å². The van der Waals surface area contributed by atoms with Crippen molar-refractivity contribution in [1.29, 1.82) is 0 Å². The van der Waals surface area contributed by atoms with E-state index in [0.29, 0.717) is 0 Å². The van der Waals surface area contributed by atoms with E-state index >= 15 is 0 Å². The van der Waals surface area contributed by atoms with Gasteiger partial charge in [-0.25, -0.2) is 4.79 Å². The lowest BCUT2D eigenvalue weighted by Gasteiger charge is -2.19. The topological polar surface area (TPSA) is 97.1 Å². The van der Waals surface area contributed by atoms with Gasteiger partial charge in [0.1, 0.15) is 6.10 Å². The number of carbonyl (C=O) groups excluding carboxylic acids is 2. The van der Waals surface area contributed by atoms with Crippen molar-refractivity contribution in [1.82, 2.24) is 0 Å². The standard InChI is InChI=1S/C18H23NO6/c1-5-22-18(23-6-2)15(17(21)25-13(4)16(19)20)24-12(3)14-10-8-7-9-11-14/h7-12H,4-6H2,1-3H3,(H2,19,20). The zero-order chi connectivity index (χ0) is 18.8. The maximum Gasteiger partial charge on any atom is 0.386 e. The Bertz CT molecular complexity index is 630. The molecule has 1 amide bonds. The summed E-state index contributed by atoms with van der Waals surface area (Å²) in [7, 11) is 0. The Labute approximate surface area is 147 Å². The Morgan fingerprint density at radius 3 is 2.16 bits per heavy atom. The molecule has 0 aliphatic carbocycles. The minimum atomic E-state index is -0.983. The quantitative estimate of drug-likeness (QED) is 0.396. The van der Waals surface area contributed by atoms with Gasteiger partial charge in [-0.3, -0.25) is 4.79 Å². The van der Waals surface area contributed by atoms with Crippen molar-refractivity contribution in [2.75, 3.05) is 13.2 Å². The third-order valence-electron chi connectivity index (χ3n) is 2.98. The first kappa shape index (κ1) is 20.1. The Morgan fingerprint density at radius 1 is 1.12 bits per heavy atom. The molecule has 0 aliphatic rings. The van der Waals surface area contributed by atoms with Crippen LogP contribution in [-0.4, -0.2) is 25.1 Å². The van der Waals surface area contributed by atoms with Gasteiger partial charge < -0.3 is 24.7 Å². The zero-order valence-electron chi connectivity index (χ0n) is 14.6. The summed E-state index contributed by atoms with van der Waals surface area (Å²) >= 11 is 0. The average molecular weight is 349 g/mol. The van der Waals surface area contributed by atoms with Gasteiger partial charge in [0.05, 0.1) is 13.2 Å². The van der Waals surface area contributed by atoms with Gasteiger partial charge in [0.15, 0.2) is 5.76 Å². The molecule has 0 aromatic heterocycles. The van der Waals surface area contributed by atoms with E-state index in [1.807, 2.05) is 30.3 Å². The number of benzene rings is 1. The van der Waals surface area contributed by atoms with Crippen LogP contribution in [0.3, 0.4) is 0 Å².